The van der Waals surface area contributed by atoms with Crippen molar-refractivity contribution in [3.8, 4) is 0 Å². The zero-order valence-corrected chi connectivity index (χ0v) is 21.0. The van der Waals surface area contributed by atoms with Crippen LogP contribution in [-0.2, 0) is 11.2 Å². The van der Waals surface area contributed by atoms with Crippen LogP contribution in [0.15, 0.2) is 29.3 Å². The molecule has 1 aliphatic rings. The lowest BCUT2D eigenvalue weighted by Crippen LogP contribution is -2.42. The molecule has 160 valence electrons. The SMILES string of the molecule is CN=C(NCCc1sc(C)nc1C)NCC1CCCOC1c1ccc(C)cc1.I. The van der Waals surface area contributed by atoms with Gasteiger partial charge in [0.15, 0.2) is 5.96 Å². The Labute approximate surface area is 195 Å². The molecule has 0 aliphatic carbocycles. The number of nitrogens with zero attached hydrogens (tertiary/aromatic N) is 2. The number of aromatic nitrogens is 1. The van der Waals surface area contributed by atoms with Crippen molar-refractivity contribution in [1.29, 1.82) is 0 Å². The summed E-state index contributed by atoms with van der Waals surface area (Å²) in [6.45, 7) is 8.82. The van der Waals surface area contributed by atoms with E-state index in [0.29, 0.717) is 5.92 Å². The van der Waals surface area contributed by atoms with Crippen LogP contribution in [0.25, 0.3) is 0 Å². The number of guanidine groups is 1. The number of benzene rings is 1. The Bertz CT molecular complexity index is 791. The lowest BCUT2D eigenvalue weighted by atomic mass is 9.89. The van der Waals surface area contributed by atoms with Gasteiger partial charge in [-0.3, -0.25) is 4.99 Å². The van der Waals surface area contributed by atoms with Crippen LogP contribution in [0.1, 0.15) is 45.7 Å². The molecule has 7 heteroatoms. The van der Waals surface area contributed by atoms with Gasteiger partial charge >= 0.3 is 0 Å². The topological polar surface area (TPSA) is 58.5 Å². The van der Waals surface area contributed by atoms with Crippen LogP contribution in [0.4, 0.5) is 0 Å². The van der Waals surface area contributed by atoms with Crippen LogP contribution in [0, 0.1) is 26.7 Å². The summed E-state index contributed by atoms with van der Waals surface area (Å²) >= 11 is 1.78. The fraction of sp³-hybridized carbons (Fsp3) is 0.545. The Morgan fingerprint density at radius 1 is 1.21 bits per heavy atom. The van der Waals surface area contributed by atoms with E-state index in [0.717, 1.165) is 49.2 Å². The summed E-state index contributed by atoms with van der Waals surface area (Å²) in [5, 5.41) is 8.07. The number of halogens is 1. The predicted molar refractivity (Wildman–Crippen MR) is 133 cm³/mol. The van der Waals surface area contributed by atoms with E-state index in [1.165, 1.54) is 22.4 Å². The van der Waals surface area contributed by atoms with Crippen LogP contribution < -0.4 is 10.6 Å². The third-order valence-electron chi connectivity index (χ3n) is 5.25. The number of aliphatic imine (C=N–C) groups is 1. The number of ether oxygens (including phenoxy) is 1. The summed E-state index contributed by atoms with van der Waals surface area (Å²) in [6.07, 6.45) is 3.41. The molecule has 1 aromatic carbocycles. The molecule has 3 rings (SSSR count). The highest BCUT2D eigenvalue weighted by atomic mass is 127. The van der Waals surface area contributed by atoms with Crippen molar-refractivity contribution in [2.75, 3.05) is 26.7 Å². The van der Waals surface area contributed by atoms with E-state index in [1.807, 2.05) is 7.05 Å². The fourth-order valence-electron chi connectivity index (χ4n) is 3.73. The van der Waals surface area contributed by atoms with Gasteiger partial charge < -0.3 is 15.4 Å². The highest BCUT2D eigenvalue weighted by molar-refractivity contribution is 14.0. The molecule has 2 aromatic rings. The molecule has 1 aliphatic heterocycles. The first kappa shape index (κ1) is 24.1. The molecule has 29 heavy (non-hydrogen) atoms. The van der Waals surface area contributed by atoms with Crippen molar-refractivity contribution in [3.05, 3.63) is 51.0 Å². The number of nitrogens with one attached hydrogen (secondary N) is 2. The maximum atomic E-state index is 6.13. The van der Waals surface area contributed by atoms with E-state index in [4.69, 9.17) is 4.74 Å². The molecule has 2 N–H and O–H groups in total. The van der Waals surface area contributed by atoms with Gasteiger partial charge in [0.05, 0.1) is 16.8 Å². The summed E-state index contributed by atoms with van der Waals surface area (Å²) < 4.78 is 6.13. The Morgan fingerprint density at radius 2 is 1.97 bits per heavy atom. The van der Waals surface area contributed by atoms with Gasteiger partial charge in [0.25, 0.3) is 0 Å². The van der Waals surface area contributed by atoms with E-state index in [2.05, 4.69) is 65.6 Å². The normalized spacial score (nSPS) is 19.5. The monoisotopic (exact) mass is 528 g/mol. The maximum Gasteiger partial charge on any atom is 0.191 e. The molecule has 0 radical (unpaired) electrons. The first-order valence-electron chi connectivity index (χ1n) is 10.1. The fourth-order valence-corrected chi connectivity index (χ4v) is 4.66. The third-order valence-corrected chi connectivity index (χ3v) is 6.38. The largest absolute Gasteiger partial charge is 0.373 e. The molecule has 2 heterocycles. The summed E-state index contributed by atoms with van der Waals surface area (Å²) in [5.41, 5.74) is 3.70. The van der Waals surface area contributed by atoms with Crippen molar-refractivity contribution in [1.82, 2.24) is 15.6 Å². The van der Waals surface area contributed by atoms with Gasteiger partial charge in [-0.2, -0.15) is 0 Å². The molecular weight excluding hydrogens is 495 g/mol. The molecule has 2 unspecified atom stereocenters. The molecule has 0 bridgehead atoms. The van der Waals surface area contributed by atoms with Gasteiger partial charge in [0, 0.05) is 44.0 Å². The quantitative estimate of drug-likeness (QED) is 0.328. The van der Waals surface area contributed by atoms with Crippen LogP contribution in [0.5, 0.6) is 0 Å². The number of hydrogen-bond acceptors (Lipinski definition) is 4. The average molecular weight is 529 g/mol. The molecule has 0 saturated carbocycles. The van der Waals surface area contributed by atoms with Crippen LogP contribution in [0.2, 0.25) is 0 Å². The molecule has 0 spiro atoms. The minimum absolute atomic E-state index is 0. The Balaban J connectivity index is 0.00000300. The Hall–Kier alpha value is -1.19. The highest BCUT2D eigenvalue weighted by Crippen LogP contribution is 2.33. The third kappa shape index (κ3) is 6.93. The van der Waals surface area contributed by atoms with Crippen molar-refractivity contribution in [3.63, 3.8) is 0 Å². The molecular formula is C22H33IN4OS. The van der Waals surface area contributed by atoms with Gasteiger partial charge in [-0.1, -0.05) is 29.8 Å². The molecule has 5 nitrogen and oxygen atoms in total. The maximum absolute atomic E-state index is 6.13. The minimum Gasteiger partial charge on any atom is -0.373 e. The molecule has 0 amide bonds. The number of rotatable bonds is 6. The van der Waals surface area contributed by atoms with Crippen molar-refractivity contribution in [2.24, 2.45) is 10.9 Å². The van der Waals surface area contributed by atoms with Crippen LogP contribution in [0.3, 0.4) is 0 Å². The summed E-state index contributed by atoms with van der Waals surface area (Å²) in [4.78, 5) is 10.2. The van der Waals surface area contributed by atoms with Gasteiger partial charge in [0.1, 0.15) is 0 Å². The second kappa shape index (κ2) is 11.9. The second-order valence-corrected chi connectivity index (χ2v) is 8.76. The smallest absolute Gasteiger partial charge is 0.191 e. The van der Waals surface area contributed by atoms with Gasteiger partial charge in [-0.05, 0) is 39.2 Å². The van der Waals surface area contributed by atoms with E-state index >= 15 is 0 Å². The summed E-state index contributed by atoms with van der Waals surface area (Å²) in [7, 11) is 1.83. The molecule has 2 atom stereocenters. The Morgan fingerprint density at radius 3 is 2.62 bits per heavy atom. The summed E-state index contributed by atoms with van der Waals surface area (Å²) in [5.74, 6) is 1.30. The van der Waals surface area contributed by atoms with E-state index in [1.54, 1.807) is 11.3 Å². The lowest BCUT2D eigenvalue weighted by Gasteiger charge is -2.32. The minimum atomic E-state index is 0. The van der Waals surface area contributed by atoms with Gasteiger partial charge in [0.2, 0.25) is 0 Å². The van der Waals surface area contributed by atoms with Crippen LogP contribution in [-0.4, -0.2) is 37.7 Å². The zero-order valence-electron chi connectivity index (χ0n) is 17.8. The summed E-state index contributed by atoms with van der Waals surface area (Å²) in [6, 6.07) is 8.73. The van der Waals surface area contributed by atoms with Crippen molar-refractivity contribution < 1.29 is 4.74 Å². The molecule has 1 fully saturated rings. The predicted octanol–water partition coefficient (Wildman–Crippen LogP) is 4.56. The van der Waals surface area contributed by atoms with Gasteiger partial charge in [-0.15, -0.1) is 35.3 Å². The first-order chi connectivity index (χ1) is 13.6. The zero-order chi connectivity index (χ0) is 19.9. The van der Waals surface area contributed by atoms with E-state index < -0.39 is 0 Å². The highest BCUT2D eigenvalue weighted by Gasteiger charge is 2.27. The molecule has 1 aromatic heterocycles. The van der Waals surface area contributed by atoms with Crippen molar-refractivity contribution in [2.45, 2.75) is 46.1 Å². The average Bonchev–Trinajstić information content (AvgIpc) is 3.02. The van der Waals surface area contributed by atoms with E-state index in [9.17, 15) is 0 Å². The number of thiazole rings is 1. The van der Waals surface area contributed by atoms with Gasteiger partial charge in [-0.25, -0.2) is 4.98 Å². The van der Waals surface area contributed by atoms with E-state index in [-0.39, 0.29) is 30.1 Å². The number of hydrogen-bond donors (Lipinski definition) is 2. The second-order valence-electron chi connectivity index (χ2n) is 7.48. The van der Waals surface area contributed by atoms with Crippen molar-refractivity contribution >= 4 is 41.3 Å². The number of aryl methyl sites for hydroxylation is 3. The first-order valence-corrected chi connectivity index (χ1v) is 10.9. The Kier molecular flexibility index (Phi) is 9.85. The van der Waals surface area contributed by atoms with Crippen LogP contribution >= 0.6 is 35.3 Å². The lowest BCUT2D eigenvalue weighted by molar-refractivity contribution is -0.0265. The standard InChI is InChI=1S/C22H32N4OS.HI/c1-15-7-9-18(10-8-15)21-19(6-5-13-27-21)14-25-22(23-4)24-12-11-20-16(2)26-17(3)28-20;/h7-10,19,21H,5-6,11-14H2,1-4H3,(H2,23,24,25);1H. The molecule has 1 saturated heterocycles.